The fourth-order valence-electron chi connectivity index (χ4n) is 3.29. The standard InChI is InChI=1S/C12H17N.C7H14.C3H8.C2H6.CHF3/c1-2-6-11(7-3-1)10-13-12-8-4-5-9-12;1-7-5-3-2-4-6-7;1-3-2;1-2;2-1(3)4/h1-3,6-7,12-13H,4-5,8-10H2;7H,2-6H2,1H3;3H2,1-2H3;1-2H3;1H. The van der Waals surface area contributed by atoms with Crippen LogP contribution >= 0.6 is 0 Å². The highest BCUT2D eigenvalue weighted by Crippen LogP contribution is 2.22. The number of hydrogen-bond donors (Lipinski definition) is 1. The number of benzene rings is 1. The molecule has 0 aromatic heterocycles. The van der Waals surface area contributed by atoms with Gasteiger partial charge in [0.15, 0.2) is 0 Å². The van der Waals surface area contributed by atoms with E-state index in [9.17, 15) is 13.2 Å². The van der Waals surface area contributed by atoms with Crippen molar-refractivity contribution < 1.29 is 13.2 Å². The SMILES string of the molecule is CC.CC1CCCCC1.CCC.FC(F)F.c1ccc(CNC2CCCC2)cc1. The van der Waals surface area contributed by atoms with Crippen LogP contribution in [0, 0.1) is 5.92 Å². The molecular weight excluding hydrogens is 371 g/mol. The Hall–Kier alpha value is -1.03. The Balaban J connectivity index is 0. The van der Waals surface area contributed by atoms with Gasteiger partial charge in [0.2, 0.25) is 0 Å². The summed E-state index contributed by atoms with van der Waals surface area (Å²) < 4.78 is 29.0. The Morgan fingerprint density at radius 1 is 0.828 bits per heavy atom. The fraction of sp³-hybridized carbons (Fsp3) is 0.760. The summed E-state index contributed by atoms with van der Waals surface area (Å²) in [6.45, 7) is 7.98. The van der Waals surface area contributed by atoms with E-state index in [1.807, 2.05) is 13.8 Å². The Bertz CT molecular complexity index is 397. The van der Waals surface area contributed by atoms with Crippen LogP contribution in [0.2, 0.25) is 0 Å². The molecule has 1 aromatic carbocycles. The third-order valence-electron chi connectivity index (χ3n) is 4.69. The van der Waals surface area contributed by atoms with Gasteiger partial charge in [-0.3, -0.25) is 0 Å². The first kappa shape index (κ1) is 30.2. The molecule has 0 aliphatic heterocycles. The number of nitrogens with one attached hydrogen (secondary N) is 1. The molecule has 2 aliphatic rings. The first-order valence-corrected chi connectivity index (χ1v) is 11.7. The zero-order chi connectivity index (χ0) is 22.3. The lowest BCUT2D eigenvalue weighted by molar-refractivity contribution is 0.00819. The lowest BCUT2D eigenvalue weighted by Crippen LogP contribution is -2.25. The predicted octanol–water partition coefficient (Wildman–Crippen LogP) is 8.93. The van der Waals surface area contributed by atoms with Crippen molar-refractivity contribution in [1.29, 1.82) is 0 Å². The van der Waals surface area contributed by atoms with Gasteiger partial charge in [-0.25, -0.2) is 0 Å². The molecule has 0 bridgehead atoms. The van der Waals surface area contributed by atoms with Crippen LogP contribution in [0.4, 0.5) is 13.2 Å². The van der Waals surface area contributed by atoms with Crippen LogP contribution in [-0.4, -0.2) is 12.7 Å². The molecule has 1 aromatic rings. The van der Waals surface area contributed by atoms with Crippen LogP contribution in [0.3, 0.4) is 0 Å². The second kappa shape index (κ2) is 23.3. The zero-order valence-electron chi connectivity index (χ0n) is 19.5. The molecule has 0 radical (unpaired) electrons. The Morgan fingerprint density at radius 2 is 1.24 bits per heavy atom. The van der Waals surface area contributed by atoms with Crippen LogP contribution in [-0.2, 0) is 6.54 Å². The molecule has 29 heavy (non-hydrogen) atoms. The largest absolute Gasteiger partial charge is 0.379 e. The summed E-state index contributed by atoms with van der Waals surface area (Å²) in [6.07, 6.45) is 14.2. The van der Waals surface area contributed by atoms with E-state index < -0.39 is 6.68 Å². The van der Waals surface area contributed by atoms with E-state index in [1.165, 1.54) is 69.8 Å². The second-order valence-corrected chi connectivity index (χ2v) is 7.55. The monoisotopic (exact) mass is 417 g/mol. The van der Waals surface area contributed by atoms with Crippen molar-refractivity contribution in [2.24, 2.45) is 5.92 Å². The minimum atomic E-state index is -3.67. The van der Waals surface area contributed by atoms with E-state index in [1.54, 1.807) is 0 Å². The van der Waals surface area contributed by atoms with Crippen molar-refractivity contribution in [3.8, 4) is 0 Å². The molecule has 0 spiro atoms. The summed E-state index contributed by atoms with van der Waals surface area (Å²) in [5.74, 6) is 1.04. The number of alkyl halides is 3. The molecule has 0 unspecified atom stereocenters. The molecule has 1 nitrogen and oxygen atoms in total. The Labute approximate surface area is 178 Å². The topological polar surface area (TPSA) is 12.0 Å². The van der Waals surface area contributed by atoms with Gasteiger partial charge in [0, 0.05) is 12.6 Å². The first-order chi connectivity index (χ1) is 14.0. The van der Waals surface area contributed by atoms with Gasteiger partial charge < -0.3 is 5.32 Å². The van der Waals surface area contributed by atoms with Crippen molar-refractivity contribution in [2.75, 3.05) is 0 Å². The van der Waals surface area contributed by atoms with Crippen LogP contribution in [0.25, 0.3) is 0 Å². The molecule has 0 amide bonds. The van der Waals surface area contributed by atoms with Gasteiger partial charge in [0.05, 0.1) is 0 Å². The maximum Gasteiger partial charge on any atom is 0.379 e. The van der Waals surface area contributed by atoms with Gasteiger partial charge >= 0.3 is 6.68 Å². The molecule has 0 atom stereocenters. The van der Waals surface area contributed by atoms with Crippen molar-refractivity contribution in [1.82, 2.24) is 5.32 Å². The van der Waals surface area contributed by atoms with Gasteiger partial charge in [-0.1, -0.05) is 116 Å². The van der Waals surface area contributed by atoms with Gasteiger partial charge in [0.1, 0.15) is 0 Å². The molecule has 1 N–H and O–H groups in total. The van der Waals surface area contributed by atoms with E-state index >= 15 is 0 Å². The van der Waals surface area contributed by atoms with E-state index in [0.29, 0.717) is 0 Å². The average Bonchev–Trinajstić information content (AvgIpc) is 3.24. The average molecular weight is 418 g/mol. The predicted molar refractivity (Wildman–Crippen MR) is 122 cm³/mol. The fourth-order valence-corrected chi connectivity index (χ4v) is 3.29. The molecule has 2 fully saturated rings. The third kappa shape index (κ3) is 23.1. The lowest BCUT2D eigenvalue weighted by atomic mass is 9.91. The normalized spacial score (nSPS) is 16.2. The molecule has 2 aliphatic carbocycles. The Morgan fingerprint density at radius 3 is 1.62 bits per heavy atom. The molecule has 0 saturated heterocycles. The number of rotatable bonds is 3. The molecule has 3 rings (SSSR count). The highest BCUT2D eigenvalue weighted by molar-refractivity contribution is 5.14. The molecule has 2 saturated carbocycles. The summed E-state index contributed by atoms with van der Waals surface area (Å²) in [7, 11) is 0. The maximum absolute atomic E-state index is 9.67. The smallest absolute Gasteiger partial charge is 0.310 e. The summed E-state index contributed by atoms with van der Waals surface area (Å²) in [4.78, 5) is 0. The highest BCUT2D eigenvalue weighted by atomic mass is 19.4. The molecule has 0 heterocycles. The van der Waals surface area contributed by atoms with Gasteiger partial charge in [0.25, 0.3) is 0 Å². The van der Waals surface area contributed by atoms with E-state index in [0.717, 1.165) is 18.5 Å². The van der Waals surface area contributed by atoms with Crippen LogP contribution in [0.5, 0.6) is 0 Å². The van der Waals surface area contributed by atoms with Gasteiger partial charge in [-0.05, 0) is 24.3 Å². The number of halogens is 3. The summed E-state index contributed by atoms with van der Waals surface area (Å²) >= 11 is 0. The van der Waals surface area contributed by atoms with Gasteiger partial charge in [-0.15, -0.1) is 0 Å². The van der Waals surface area contributed by atoms with Crippen molar-refractivity contribution in [3.63, 3.8) is 0 Å². The van der Waals surface area contributed by atoms with Crippen LogP contribution < -0.4 is 5.32 Å². The van der Waals surface area contributed by atoms with E-state index in [-0.39, 0.29) is 0 Å². The third-order valence-corrected chi connectivity index (χ3v) is 4.69. The lowest BCUT2D eigenvalue weighted by Gasteiger charge is -2.15. The molecular formula is C25H46F3N. The van der Waals surface area contributed by atoms with Crippen molar-refractivity contribution in [3.05, 3.63) is 35.9 Å². The number of hydrogen-bond acceptors (Lipinski definition) is 1. The second-order valence-electron chi connectivity index (χ2n) is 7.55. The zero-order valence-corrected chi connectivity index (χ0v) is 19.5. The van der Waals surface area contributed by atoms with E-state index in [2.05, 4.69) is 56.4 Å². The van der Waals surface area contributed by atoms with E-state index in [4.69, 9.17) is 0 Å². The molecule has 4 heteroatoms. The Kier molecular flexibility index (Phi) is 24.2. The van der Waals surface area contributed by atoms with Crippen LogP contribution in [0.1, 0.15) is 104 Å². The summed E-state index contributed by atoms with van der Waals surface area (Å²) in [5, 5.41) is 3.60. The quantitative estimate of drug-likeness (QED) is 0.517. The maximum atomic E-state index is 9.67. The highest BCUT2D eigenvalue weighted by Gasteiger charge is 2.13. The summed E-state index contributed by atoms with van der Waals surface area (Å²) in [5.41, 5.74) is 1.40. The van der Waals surface area contributed by atoms with Crippen molar-refractivity contribution >= 4 is 0 Å². The molecule has 172 valence electrons. The minimum absolute atomic E-state index is 0.778. The first-order valence-electron chi connectivity index (χ1n) is 11.7. The van der Waals surface area contributed by atoms with Gasteiger partial charge in [-0.2, -0.15) is 13.2 Å². The van der Waals surface area contributed by atoms with Crippen molar-refractivity contribution in [2.45, 2.75) is 118 Å². The van der Waals surface area contributed by atoms with Crippen LogP contribution in [0.15, 0.2) is 30.3 Å². The minimum Gasteiger partial charge on any atom is -0.310 e. The summed E-state index contributed by atoms with van der Waals surface area (Å²) in [6, 6.07) is 11.4.